The molecule has 0 bridgehead atoms. The maximum Gasteiger partial charge on any atom is 0.118 e. The molecule has 0 fully saturated rings. The third kappa shape index (κ3) is 4.33. The van der Waals surface area contributed by atoms with Crippen LogP contribution in [0.5, 0.6) is 5.75 Å². The van der Waals surface area contributed by atoms with Crippen molar-refractivity contribution >= 4 is 0 Å². The first kappa shape index (κ1) is 9.81. The summed E-state index contributed by atoms with van der Waals surface area (Å²) in [4.78, 5) is 0. The van der Waals surface area contributed by atoms with Gasteiger partial charge in [0.2, 0.25) is 0 Å². The Morgan fingerprint density at radius 1 is 1.08 bits per heavy atom. The normalized spacial score (nSPS) is 13.3. The van der Waals surface area contributed by atoms with Crippen LogP contribution in [0.3, 0.4) is 0 Å². The number of benzene rings is 1. The summed E-state index contributed by atoms with van der Waals surface area (Å²) in [6.07, 6.45) is 4.25. The summed E-state index contributed by atoms with van der Waals surface area (Å²) in [5, 5.41) is 3.11. The van der Waals surface area contributed by atoms with Crippen LogP contribution < -0.4 is 10.1 Å². The van der Waals surface area contributed by atoms with Crippen molar-refractivity contribution in [3.8, 4) is 5.75 Å². The molecule has 1 aromatic carbocycles. The molecule has 0 amide bonds. The van der Waals surface area contributed by atoms with Crippen LogP contribution in [-0.4, -0.2) is 20.2 Å². The van der Waals surface area contributed by atoms with Gasteiger partial charge in [-0.15, -0.1) is 0 Å². The molecule has 2 nitrogen and oxygen atoms in total. The average Bonchev–Trinajstić information content (AvgIpc) is 2.77. The fourth-order valence-corrected chi connectivity index (χ4v) is 0.973. The van der Waals surface area contributed by atoms with Crippen molar-refractivity contribution in [1.29, 1.82) is 0 Å². The van der Waals surface area contributed by atoms with Gasteiger partial charge in [-0.05, 0) is 12.1 Å². The van der Waals surface area contributed by atoms with E-state index in [9.17, 15) is 0 Å². The number of hydrogen-bond acceptors (Lipinski definition) is 2. The zero-order valence-corrected chi connectivity index (χ0v) is 7.86. The minimum atomic E-state index is 0.910. The maximum atomic E-state index is 4.91. The fourth-order valence-electron chi connectivity index (χ4n) is 0.973. The van der Waals surface area contributed by atoms with Crippen molar-refractivity contribution in [1.82, 2.24) is 5.32 Å². The minimum absolute atomic E-state index is 0.910. The molecule has 2 rings (SSSR count). The minimum Gasteiger partial charge on any atom is -0.497 e. The highest BCUT2D eigenvalue weighted by atomic mass is 16.5. The summed E-state index contributed by atoms with van der Waals surface area (Å²) in [5.74, 6) is 0.910. The van der Waals surface area contributed by atoms with Crippen LogP contribution in [0.1, 0.15) is 0 Å². The predicted octanol–water partition coefficient (Wildman–Crippen LogP) is 1.84. The Hall–Kier alpha value is -1.28. The van der Waals surface area contributed by atoms with Gasteiger partial charge in [-0.3, -0.25) is 0 Å². The average molecular weight is 177 g/mol. The number of nitrogens with one attached hydrogen (secondary N) is 1. The first-order valence-corrected chi connectivity index (χ1v) is 4.38. The second-order valence-electron chi connectivity index (χ2n) is 2.65. The van der Waals surface area contributed by atoms with Crippen LogP contribution in [-0.2, 0) is 0 Å². The lowest BCUT2D eigenvalue weighted by Crippen LogP contribution is -2.04. The van der Waals surface area contributed by atoms with E-state index in [0.717, 1.165) is 18.8 Å². The monoisotopic (exact) mass is 177 g/mol. The highest BCUT2D eigenvalue weighted by Gasteiger charge is 1.81. The molecule has 1 heterocycles. The van der Waals surface area contributed by atoms with Gasteiger partial charge >= 0.3 is 0 Å². The van der Waals surface area contributed by atoms with Gasteiger partial charge in [0.25, 0.3) is 0 Å². The Kier molecular flexibility index (Phi) is 4.72. The fraction of sp³-hybridized carbons (Fsp3) is 0.273. The molecule has 0 unspecified atom stereocenters. The lowest BCUT2D eigenvalue weighted by molar-refractivity contribution is 0.415. The first-order chi connectivity index (χ1) is 6.43. The Balaban J connectivity index is 0.000000145. The quantitative estimate of drug-likeness (QED) is 0.661. The third-order valence-corrected chi connectivity index (χ3v) is 1.67. The van der Waals surface area contributed by atoms with Gasteiger partial charge in [0.15, 0.2) is 0 Å². The van der Waals surface area contributed by atoms with Crippen LogP contribution in [0, 0.1) is 0 Å². The van der Waals surface area contributed by atoms with E-state index in [0.29, 0.717) is 0 Å². The highest BCUT2D eigenvalue weighted by Crippen LogP contribution is 2.05. The van der Waals surface area contributed by atoms with E-state index in [1.165, 1.54) is 0 Å². The van der Waals surface area contributed by atoms with Crippen molar-refractivity contribution in [2.24, 2.45) is 0 Å². The van der Waals surface area contributed by atoms with Crippen LogP contribution in [0.15, 0.2) is 42.5 Å². The van der Waals surface area contributed by atoms with Gasteiger partial charge < -0.3 is 10.1 Å². The van der Waals surface area contributed by atoms with Crippen molar-refractivity contribution in [2.45, 2.75) is 0 Å². The number of hydrogen-bond donors (Lipinski definition) is 1. The van der Waals surface area contributed by atoms with Crippen molar-refractivity contribution in [2.75, 3.05) is 20.2 Å². The smallest absolute Gasteiger partial charge is 0.118 e. The highest BCUT2D eigenvalue weighted by molar-refractivity contribution is 5.20. The van der Waals surface area contributed by atoms with Gasteiger partial charge in [-0.2, -0.15) is 0 Å². The molecule has 0 saturated carbocycles. The molecule has 1 N–H and O–H groups in total. The van der Waals surface area contributed by atoms with E-state index < -0.39 is 0 Å². The Labute approximate surface area is 79.2 Å². The summed E-state index contributed by atoms with van der Waals surface area (Å²) in [6.45, 7) is 2.14. The maximum absolute atomic E-state index is 4.91. The van der Waals surface area contributed by atoms with Crippen molar-refractivity contribution in [3.63, 3.8) is 0 Å². The number of para-hydroxylation sites is 1. The Bertz CT molecular complexity index is 238. The summed E-state index contributed by atoms with van der Waals surface area (Å²) in [7, 11) is 1.66. The summed E-state index contributed by atoms with van der Waals surface area (Å²) in [6, 6.07) is 9.68. The summed E-state index contributed by atoms with van der Waals surface area (Å²) in [5.41, 5.74) is 0. The molecule has 0 aliphatic carbocycles. The predicted molar refractivity (Wildman–Crippen MR) is 55.0 cm³/mol. The van der Waals surface area contributed by atoms with Gasteiger partial charge in [-0.1, -0.05) is 30.4 Å². The second kappa shape index (κ2) is 6.26. The van der Waals surface area contributed by atoms with Crippen LogP contribution >= 0.6 is 0 Å². The van der Waals surface area contributed by atoms with Gasteiger partial charge in [0.05, 0.1) is 7.11 Å². The van der Waals surface area contributed by atoms with Crippen molar-refractivity contribution in [3.05, 3.63) is 42.5 Å². The van der Waals surface area contributed by atoms with E-state index in [-0.39, 0.29) is 0 Å². The molecule has 2 heteroatoms. The zero-order valence-electron chi connectivity index (χ0n) is 7.86. The van der Waals surface area contributed by atoms with E-state index >= 15 is 0 Å². The van der Waals surface area contributed by atoms with E-state index in [1.54, 1.807) is 7.11 Å². The molecule has 1 aliphatic rings. The van der Waals surface area contributed by atoms with E-state index in [4.69, 9.17) is 4.74 Å². The molecule has 0 atom stereocenters. The van der Waals surface area contributed by atoms with Gasteiger partial charge in [0, 0.05) is 13.1 Å². The largest absolute Gasteiger partial charge is 0.497 e. The van der Waals surface area contributed by atoms with E-state index in [1.807, 2.05) is 30.3 Å². The summed E-state index contributed by atoms with van der Waals surface area (Å²) >= 11 is 0. The first-order valence-electron chi connectivity index (χ1n) is 4.38. The molecule has 0 spiro atoms. The Morgan fingerprint density at radius 3 is 2.00 bits per heavy atom. The van der Waals surface area contributed by atoms with Crippen LogP contribution in [0.25, 0.3) is 0 Å². The standard InChI is InChI=1S/C7H8O.C4H7N/c1-8-7-5-3-2-4-6-7;1-2-4-5-3-1/h2-6H,1H3;1-2,5H,3-4H2. The molecule has 0 aromatic heterocycles. The molecule has 1 aromatic rings. The molecule has 70 valence electrons. The van der Waals surface area contributed by atoms with Crippen LogP contribution in [0.2, 0.25) is 0 Å². The molecular formula is C11H15NO. The van der Waals surface area contributed by atoms with E-state index in [2.05, 4.69) is 17.5 Å². The SMILES string of the molecule is C1=CCNC1.COc1ccccc1. The summed E-state index contributed by atoms with van der Waals surface area (Å²) < 4.78 is 4.91. The number of ether oxygens (including phenoxy) is 1. The zero-order chi connectivity index (χ0) is 9.36. The molecular weight excluding hydrogens is 162 g/mol. The molecule has 0 saturated heterocycles. The molecule has 1 aliphatic heterocycles. The van der Waals surface area contributed by atoms with Crippen molar-refractivity contribution < 1.29 is 4.74 Å². The topological polar surface area (TPSA) is 21.3 Å². The lowest BCUT2D eigenvalue weighted by Gasteiger charge is -1.93. The van der Waals surface area contributed by atoms with Gasteiger partial charge in [-0.25, -0.2) is 0 Å². The molecule has 13 heavy (non-hydrogen) atoms. The number of methoxy groups -OCH3 is 1. The second-order valence-corrected chi connectivity index (χ2v) is 2.65. The lowest BCUT2D eigenvalue weighted by atomic mass is 10.3. The van der Waals surface area contributed by atoms with Gasteiger partial charge in [0.1, 0.15) is 5.75 Å². The molecule has 0 radical (unpaired) electrons. The van der Waals surface area contributed by atoms with Crippen LogP contribution in [0.4, 0.5) is 0 Å². The Morgan fingerprint density at radius 2 is 1.69 bits per heavy atom. The third-order valence-electron chi connectivity index (χ3n) is 1.67. The number of rotatable bonds is 1.